The lowest BCUT2D eigenvalue weighted by atomic mass is 10.1. The molecular formula is C23H30N2O8S. The predicted octanol–water partition coefficient (Wildman–Crippen LogP) is 1.77. The first-order valence-corrected chi connectivity index (χ1v) is 12.2. The number of likely N-dealkylation sites (N-methyl/N-ethyl adjacent to an activating group) is 1. The Morgan fingerprint density at radius 2 is 1.65 bits per heavy atom. The van der Waals surface area contributed by atoms with Crippen LogP contribution in [0.2, 0.25) is 0 Å². The smallest absolute Gasteiger partial charge is 0.251 e. The van der Waals surface area contributed by atoms with E-state index in [2.05, 4.69) is 5.32 Å². The molecule has 34 heavy (non-hydrogen) atoms. The molecule has 10 nitrogen and oxygen atoms in total. The third kappa shape index (κ3) is 7.27. The first-order valence-electron chi connectivity index (χ1n) is 10.4. The van der Waals surface area contributed by atoms with E-state index in [0.29, 0.717) is 42.6 Å². The van der Waals surface area contributed by atoms with Gasteiger partial charge in [-0.05, 0) is 36.8 Å². The van der Waals surface area contributed by atoms with E-state index in [1.54, 1.807) is 19.2 Å². The zero-order chi connectivity index (χ0) is 25.3. The third-order valence-electron chi connectivity index (χ3n) is 4.89. The van der Waals surface area contributed by atoms with Crippen LogP contribution in [0.25, 0.3) is 0 Å². The number of benzene rings is 2. The second kappa shape index (κ2) is 12.1. The van der Waals surface area contributed by atoms with Gasteiger partial charge in [0.1, 0.15) is 5.75 Å². The Balaban J connectivity index is 1.83. The molecule has 0 bridgehead atoms. The average molecular weight is 495 g/mol. The summed E-state index contributed by atoms with van der Waals surface area (Å²) in [6, 6.07) is 9.24. The van der Waals surface area contributed by atoms with Crippen molar-refractivity contribution >= 4 is 21.7 Å². The Hall–Kier alpha value is -3.47. The lowest BCUT2D eigenvalue weighted by Crippen LogP contribution is -2.38. The van der Waals surface area contributed by atoms with Crippen molar-refractivity contribution < 1.29 is 37.0 Å². The number of carbonyl (C=O) groups excluding carboxylic acids is 2. The van der Waals surface area contributed by atoms with Gasteiger partial charge in [0.15, 0.2) is 21.3 Å². The fourth-order valence-electron chi connectivity index (χ4n) is 3.02. The lowest BCUT2D eigenvalue weighted by molar-refractivity contribution is -0.128. The third-order valence-corrected chi connectivity index (χ3v) is 6.00. The van der Waals surface area contributed by atoms with E-state index in [1.807, 2.05) is 0 Å². The molecule has 0 heterocycles. The highest BCUT2D eigenvalue weighted by Gasteiger charge is 2.18. The lowest BCUT2D eigenvalue weighted by Gasteiger charge is -2.18. The maximum Gasteiger partial charge on any atom is 0.251 e. The fourth-order valence-corrected chi connectivity index (χ4v) is 3.67. The Labute approximate surface area is 199 Å². The van der Waals surface area contributed by atoms with Crippen LogP contribution in [-0.4, -0.2) is 79.5 Å². The van der Waals surface area contributed by atoms with Crippen molar-refractivity contribution in [1.82, 2.24) is 10.2 Å². The number of rotatable bonds is 12. The summed E-state index contributed by atoms with van der Waals surface area (Å²) in [4.78, 5) is 26.6. The zero-order valence-corrected chi connectivity index (χ0v) is 20.7. The summed E-state index contributed by atoms with van der Waals surface area (Å²) < 4.78 is 44.6. The molecule has 0 unspecified atom stereocenters. The van der Waals surface area contributed by atoms with Crippen molar-refractivity contribution in [2.45, 2.75) is 11.3 Å². The van der Waals surface area contributed by atoms with E-state index in [4.69, 9.17) is 18.9 Å². The van der Waals surface area contributed by atoms with Gasteiger partial charge >= 0.3 is 0 Å². The van der Waals surface area contributed by atoms with Gasteiger partial charge in [-0.3, -0.25) is 9.59 Å². The van der Waals surface area contributed by atoms with E-state index in [0.717, 1.165) is 6.26 Å². The van der Waals surface area contributed by atoms with Crippen molar-refractivity contribution in [3.8, 4) is 23.0 Å². The summed E-state index contributed by atoms with van der Waals surface area (Å²) in [5.74, 6) is 0.724. The first-order chi connectivity index (χ1) is 16.1. The summed E-state index contributed by atoms with van der Waals surface area (Å²) in [6.07, 6.45) is 1.65. The number of ether oxygens (including phenoxy) is 4. The minimum absolute atomic E-state index is 0.181. The van der Waals surface area contributed by atoms with Crippen LogP contribution in [0.4, 0.5) is 0 Å². The largest absolute Gasteiger partial charge is 0.493 e. The van der Waals surface area contributed by atoms with Gasteiger partial charge in [-0.2, -0.15) is 0 Å². The second-order valence-corrected chi connectivity index (χ2v) is 9.38. The molecule has 1 N–H and O–H groups in total. The van der Waals surface area contributed by atoms with E-state index in [-0.39, 0.29) is 22.9 Å². The number of methoxy groups -OCH3 is 3. The van der Waals surface area contributed by atoms with Crippen molar-refractivity contribution in [2.75, 3.05) is 54.3 Å². The van der Waals surface area contributed by atoms with Crippen molar-refractivity contribution in [3.63, 3.8) is 0 Å². The number of nitrogens with zero attached hydrogens (tertiary/aromatic N) is 1. The van der Waals surface area contributed by atoms with Gasteiger partial charge in [-0.1, -0.05) is 6.07 Å². The quantitative estimate of drug-likeness (QED) is 0.443. The van der Waals surface area contributed by atoms with Crippen LogP contribution in [0.3, 0.4) is 0 Å². The van der Waals surface area contributed by atoms with Gasteiger partial charge in [0, 0.05) is 25.4 Å². The second-order valence-electron chi connectivity index (χ2n) is 7.36. The van der Waals surface area contributed by atoms with Gasteiger partial charge < -0.3 is 29.2 Å². The molecule has 2 aromatic carbocycles. The van der Waals surface area contributed by atoms with E-state index >= 15 is 0 Å². The normalized spacial score (nSPS) is 10.9. The Morgan fingerprint density at radius 1 is 1.00 bits per heavy atom. The molecule has 0 aliphatic carbocycles. The summed E-state index contributed by atoms with van der Waals surface area (Å²) in [5, 5.41) is 2.59. The zero-order valence-electron chi connectivity index (χ0n) is 19.9. The molecule has 0 atom stereocenters. The van der Waals surface area contributed by atoms with Crippen LogP contribution >= 0.6 is 0 Å². The summed E-state index contributed by atoms with van der Waals surface area (Å²) in [5.41, 5.74) is 0.259. The molecule has 0 aliphatic rings. The molecule has 11 heteroatoms. The number of sulfone groups is 1. The maximum atomic E-state index is 12.5. The molecule has 2 amide bonds. The number of amides is 2. The summed E-state index contributed by atoms with van der Waals surface area (Å²) >= 11 is 0. The molecular weight excluding hydrogens is 464 g/mol. The van der Waals surface area contributed by atoms with E-state index in [1.165, 1.54) is 50.5 Å². The van der Waals surface area contributed by atoms with Crippen LogP contribution in [0.15, 0.2) is 41.3 Å². The van der Waals surface area contributed by atoms with Crippen LogP contribution < -0.4 is 24.3 Å². The van der Waals surface area contributed by atoms with Crippen LogP contribution in [0, 0.1) is 0 Å². The summed E-state index contributed by atoms with van der Waals surface area (Å²) in [6.45, 7) is 0.497. The highest BCUT2D eigenvalue weighted by Crippen LogP contribution is 2.38. The Bertz CT molecular complexity index is 1090. The van der Waals surface area contributed by atoms with Gasteiger partial charge in [0.25, 0.3) is 5.91 Å². The van der Waals surface area contributed by atoms with Crippen LogP contribution in [0.1, 0.15) is 16.8 Å². The molecule has 2 rings (SSSR count). The van der Waals surface area contributed by atoms with Crippen LogP contribution in [0.5, 0.6) is 23.0 Å². The van der Waals surface area contributed by atoms with Crippen molar-refractivity contribution in [1.29, 1.82) is 0 Å². The molecule has 0 radical (unpaired) electrons. The molecule has 0 saturated heterocycles. The van der Waals surface area contributed by atoms with Gasteiger partial charge in [0.2, 0.25) is 11.7 Å². The number of nitrogens with one attached hydrogen (secondary N) is 1. The molecule has 0 aliphatic heterocycles. The average Bonchev–Trinajstić information content (AvgIpc) is 2.83. The Kier molecular flexibility index (Phi) is 9.55. The van der Waals surface area contributed by atoms with Crippen molar-refractivity contribution in [3.05, 3.63) is 42.0 Å². The molecule has 186 valence electrons. The fraction of sp³-hybridized carbons (Fsp3) is 0.391. The minimum atomic E-state index is -3.31. The molecule has 0 saturated carbocycles. The summed E-state index contributed by atoms with van der Waals surface area (Å²) in [7, 11) is 2.67. The van der Waals surface area contributed by atoms with Crippen molar-refractivity contribution in [2.24, 2.45) is 0 Å². The topological polar surface area (TPSA) is 120 Å². The monoisotopic (exact) mass is 494 g/mol. The number of carbonyl (C=O) groups is 2. The van der Waals surface area contributed by atoms with E-state index in [9.17, 15) is 18.0 Å². The van der Waals surface area contributed by atoms with E-state index < -0.39 is 15.7 Å². The maximum absolute atomic E-state index is 12.5. The first kappa shape index (κ1) is 26.8. The SMILES string of the molecule is COc1cc(C(=O)NCC(=O)N(C)CCCOc2cccc(S(C)(=O)=O)c2)cc(OC)c1OC. The molecule has 0 spiro atoms. The minimum Gasteiger partial charge on any atom is -0.493 e. The molecule has 0 fully saturated rings. The number of hydrogen-bond acceptors (Lipinski definition) is 8. The highest BCUT2D eigenvalue weighted by atomic mass is 32.2. The van der Waals surface area contributed by atoms with Crippen LogP contribution in [-0.2, 0) is 14.6 Å². The van der Waals surface area contributed by atoms with Gasteiger partial charge in [-0.15, -0.1) is 0 Å². The van der Waals surface area contributed by atoms with Gasteiger partial charge in [0.05, 0.1) is 39.4 Å². The molecule has 2 aromatic rings. The number of hydrogen-bond donors (Lipinski definition) is 1. The predicted molar refractivity (Wildman–Crippen MR) is 126 cm³/mol. The molecule has 0 aromatic heterocycles. The van der Waals surface area contributed by atoms with Gasteiger partial charge in [-0.25, -0.2) is 8.42 Å². The highest BCUT2D eigenvalue weighted by molar-refractivity contribution is 7.90. The Morgan fingerprint density at radius 3 is 2.21 bits per heavy atom. The standard InChI is InChI=1S/C23H30N2O8S/c1-25(10-7-11-33-17-8-6-9-18(14-17)34(5,28)29)21(26)15-24-23(27)16-12-19(30-2)22(32-4)20(13-16)31-3/h6,8-9,12-14H,7,10-11,15H2,1-5H3,(H,24,27).